The first-order valence-corrected chi connectivity index (χ1v) is 4.87. The van der Waals surface area contributed by atoms with Gasteiger partial charge in [-0.3, -0.25) is 0 Å². The largest absolute Gasteiger partial charge is 0.330 e. The van der Waals surface area contributed by atoms with E-state index in [-0.39, 0.29) is 5.41 Å². The SMILES string of the molecule is CCCCC1(CN)C=CC=CC1. The van der Waals surface area contributed by atoms with E-state index in [9.17, 15) is 0 Å². The van der Waals surface area contributed by atoms with Crippen molar-refractivity contribution < 1.29 is 0 Å². The van der Waals surface area contributed by atoms with Crippen LogP contribution in [-0.4, -0.2) is 6.54 Å². The molecule has 1 aliphatic rings. The van der Waals surface area contributed by atoms with E-state index >= 15 is 0 Å². The lowest BCUT2D eigenvalue weighted by molar-refractivity contribution is 0.351. The lowest BCUT2D eigenvalue weighted by atomic mass is 9.77. The van der Waals surface area contributed by atoms with Gasteiger partial charge in [0.15, 0.2) is 0 Å². The summed E-state index contributed by atoms with van der Waals surface area (Å²) in [6, 6.07) is 0. The van der Waals surface area contributed by atoms with E-state index in [1.54, 1.807) is 0 Å². The van der Waals surface area contributed by atoms with Gasteiger partial charge in [-0.25, -0.2) is 0 Å². The third-order valence-electron chi connectivity index (χ3n) is 2.66. The summed E-state index contributed by atoms with van der Waals surface area (Å²) in [6.45, 7) is 3.01. The predicted molar refractivity (Wildman–Crippen MR) is 53.9 cm³/mol. The maximum absolute atomic E-state index is 5.79. The molecule has 0 saturated carbocycles. The van der Waals surface area contributed by atoms with Crippen molar-refractivity contribution in [3.63, 3.8) is 0 Å². The van der Waals surface area contributed by atoms with Crippen LogP contribution in [-0.2, 0) is 0 Å². The summed E-state index contributed by atoms with van der Waals surface area (Å²) < 4.78 is 0. The zero-order valence-electron chi connectivity index (χ0n) is 7.92. The van der Waals surface area contributed by atoms with Crippen molar-refractivity contribution in [3.05, 3.63) is 24.3 Å². The summed E-state index contributed by atoms with van der Waals surface area (Å²) in [4.78, 5) is 0. The second-order valence-electron chi connectivity index (χ2n) is 3.66. The first-order valence-electron chi connectivity index (χ1n) is 4.87. The molecule has 0 fully saturated rings. The fraction of sp³-hybridized carbons (Fsp3) is 0.636. The van der Waals surface area contributed by atoms with E-state index < -0.39 is 0 Å². The van der Waals surface area contributed by atoms with Crippen LogP contribution in [0.1, 0.15) is 32.6 Å². The Morgan fingerprint density at radius 2 is 2.25 bits per heavy atom. The quantitative estimate of drug-likeness (QED) is 0.681. The van der Waals surface area contributed by atoms with Gasteiger partial charge in [0.05, 0.1) is 0 Å². The minimum absolute atomic E-state index is 0.282. The van der Waals surface area contributed by atoms with Gasteiger partial charge >= 0.3 is 0 Å². The Morgan fingerprint density at radius 3 is 2.75 bits per heavy atom. The molecular weight excluding hydrogens is 146 g/mol. The molecule has 68 valence electrons. The predicted octanol–water partition coefficient (Wildman–Crippen LogP) is 2.64. The molecule has 0 aliphatic heterocycles. The van der Waals surface area contributed by atoms with Crippen LogP contribution in [0.3, 0.4) is 0 Å². The van der Waals surface area contributed by atoms with Crippen LogP contribution >= 0.6 is 0 Å². The Labute approximate surface area is 75.3 Å². The lowest BCUT2D eigenvalue weighted by Crippen LogP contribution is -2.28. The Balaban J connectivity index is 2.51. The topological polar surface area (TPSA) is 26.0 Å². The Hall–Kier alpha value is -0.560. The van der Waals surface area contributed by atoms with Crippen molar-refractivity contribution in [2.24, 2.45) is 11.1 Å². The summed E-state index contributed by atoms with van der Waals surface area (Å²) in [6.07, 6.45) is 13.7. The molecule has 0 bridgehead atoms. The highest BCUT2D eigenvalue weighted by Crippen LogP contribution is 2.32. The monoisotopic (exact) mass is 165 g/mol. The number of nitrogens with two attached hydrogens (primary N) is 1. The van der Waals surface area contributed by atoms with E-state index in [2.05, 4.69) is 31.2 Å². The maximum Gasteiger partial charge on any atom is 0.00420 e. The van der Waals surface area contributed by atoms with Crippen molar-refractivity contribution in [3.8, 4) is 0 Å². The normalized spacial score (nSPS) is 27.8. The summed E-state index contributed by atoms with van der Waals surface area (Å²) in [5.74, 6) is 0. The lowest BCUT2D eigenvalue weighted by Gasteiger charge is -2.29. The smallest absolute Gasteiger partial charge is 0.00420 e. The first kappa shape index (κ1) is 9.53. The van der Waals surface area contributed by atoms with E-state index in [4.69, 9.17) is 5.73 Å². The standard InChI is InChI=1S/C11H19N/c1-2-3-7-11(10-12)8-5-4-6-9-11/h4-6,8H,2-3,7,9-10,12H2,1H3. The Kier molecular flexibility index (Phi) is 3.54. The van der Waals surface area contributed by atoms with Gasteiger partial charge in [-0.05, 0) is 12.8 Å². The number of hydrogen-bond donors (Lipinski definition) is 1. The van der Waals surface area contributed by atoms with Gasteiger partial charge in [0, 0.05) is 12.0 Å². The second kappa shape index (κ2) is 4.46. The Morgan fingerprint density at radius 1 is 1.42 bits per heavy atom. The highest BCUT2D eigenvalue weighted by molar-refractivity contribution is 5.16. The number of hydrogen-bond acceptors (Lipinski definition) is 1. The molecule has 1 unspecified atom stereocenters. The van der Waals surface area contributed by atoms with E-state index in [1.807, 2.05) is 0 Å². The van der Waals surface area contributed by atoms with Crippen LogP contribution in [0.25, 0.3) is 0 Å². The van der Waals surface area contributed by atoms with Crippen molar-refractivity contribution in [2.45, 2.75) is 32.6 Å². The summed E-state index contributed by atoms with van der Waals surface area (Å²) in [7, 11) is 0. The van der Waals surface area contributed by atoms with Crippen molar-refractivity contribution in [2.75, 3.05) is 6.54 Å². The molecule has 1 heteroatoms. The van der Waals surface area contributed by atoms with Crippen molar-refractivity contribution in [1.82, 2.24) is 0 Å². The van der Waals surface area contributed by atoms with Gasteiger partial charge in [-0.1, -0.05) is 44.1 Å². The minimum atomic E-state index is 0.282. The van der Waals surface area contributed by atoms with Gasteiger partial charge in [0.2, 0.25) is 0 Å². The molecule has 1 aliphatic carbocycles. The number of allylic oxidation sites excluding steroid dienone is 3. The molecule has 0 aromatic rings. The van der Waals surface area contributed by atoms with Crippen LogP contribution in [0.2, 0.25) is 0 Å². The first-order chi connectivity index (χ1) is 5.83. The molecule has 1 atom stereocenters. The van der Waals surface area contributed by atoms with E-state index in [0.29, 0.717) is 0 Å². The zero-order valence-corrected chi connectivity index (χ0v) is 7.92. The van der Waals surface area contributed by atoms with Crippen molar-refractivity contribution >= 4 is 0 Å². The summed E-state index contributed by atoms with van der Waals surface area (Å²) >= 11 is 0. The molecule has 0 radical (unpaired) electrons. The third-order valence-corrected chi connectivity index (χ3v) is 2.66. The van der Waals surface area contributed by atoms with E-state index in [0.717, 1.165) is 13.0 Å². The molecule has 1 rings (SSSR count). The van der Waals surface area contributed by atoms with Gasteiger partial charge < -0.3 is 5.73 Å². The summed E-state index contributed by atoms with van der Waals surface area (Å²) in [5.41, 5.74) is 6.08. The highest BCUT2D eigenvalue weighted by atomic mass is 14.6. The van der Waals surface area contributed by atoms with Crippen molar-refractivity contribution in [1.29, 1.82) is 0 Å². The Bertz CT molecular complexity index is 181. The van der Waals surface area contributed by atoms with Gasteiger partial charge in [-0.15, -0.1) is 0 Å². The zero-order chi connectivity index (χ0) is 8.86. The highest BCUT2D eigenvalue weighted by Gasteiger charge is 2.23. The molecule has 0 heterocycles. The van der Waals surface area contributed by atoms with Crippen LogP contribution in [0.5, 0.6) is 0 Å². The van der Waals surface area contributed by atoms with Gasteiger partial charge in [0.1, 0.15) is 0 Å². The van der Waals surface area contributed by atoms with Crippen LogP contribution in [0.4, 0.5) is 0 Å². The summed E-state index contributed by atoms with van der Waals surface area (Å²) in [5, 5.41) is 0. The maximum atomic E-state index is 5.79. The van der Waals surface area contributed by atoms with Crippen LogP contribution < -0.4 is 5.73 Å². The number of rotatable bonds is 4. The van der Waals surface area contributed by atoms with Crippen LogP contribution in [0.15, 0.2) is 24.3 Å². The molecular formula is C11H19N. The fourth-order valence-corrected chi connectivity index (χ4v) is 1.68. The van der Waals surface area contributed by atoms with E-state index in [1.165, 1.54) is 19.3 Å². The van der Waals surface area contributed by atoms with Gasteiger partial charge in [0.25, 0.3) is 0 Å². The molecule has 0 saturated heterocycles. The second-order valence-corrected chi connectivity index (χ2v) is 3.66. The third kappa shape index (κ3) is 2.21. The molecule has 0 spiro atoms. The van der Waals surface area contributed by atoms with Gasteiger partial charge in [-0.2, -0.15) is 0 Å². The molecule has 0 amide bonds. The van der Waals surface area contributed by atoms with Crippen LogP contribution in [0, 0.1) is 5.41 Å². The molecule has 0 aromatic carbocycles. The number of unbranched alkanes of at least 4 members (excludes halogenated alkanes) is 1. The molecule has 0 aromatic heterocycles. The average Bonchev–Trinajstić information content (AvgIpc) is 2.16. The average molecular weight is 165 g/mol. The molecule has 1 nitrogen and oxygen atoms in total. The molecule has 12 heavy (non-hydrogen) atoms. The minimum Gasteiger partial charge on any atom is -0.330 e. The molecule has 2 N–H and O–H groups in total. The fourth-order valence-electron chi connectivity index (χ4n) is 1.68.